The molecule has 0 bridgehead atoms. The molecule has 1 unspecified atom stereocenters. The van der Waals surface area contributed by atoms with Crippen molar-refractivity contribution in [2.75, 3.05) is 26.3 Å². The number of aliphatic hydroxyl groups is 2. The van der Waals surface area contributed by atoms with Crippen molar-refractivity contribution in [2.24, 2.45) is 5.92 Å². The van der Waals surface area contributed by atoms with Gasteiger partial charge in [-0.15, -0.1) is 0 Å². The first-order valence-corrected chi connectivity index (χ1v) is 7.28. The number of nitrogens with one attached hydrogen (secondary N) is 1. The highest BCUT2D eigenvalue weighted by Crippen LogP contribution is 2.33. The molecular formula is C14H29NO3. The van der Waals surface area contributed by atoms with Gasteiger partial charge in [0, 0.05) is 19.7 Å². The second kappa shape index (κ2) is 8.10. The van der Waals surface area contributed by atoms with Gasteiger partial charge in [-0.05, 0) is 38.5 Å². The molecule has 4 nitrogen and oxygen atoms in total. The van der Waals surface area contributed by atoms with Crippen LogP contribution in [0.4, 0.5) is 0 Å². The number of aliphatic hydroxyl groups excluding tert-OH is 1. The van der Waals surface area contributed by atoms with Crippen molar-refractivity contribution < 1.29 is 14.9 Å². The maximum absolute atomic E-state index is 10.4. The van der Waals surface area contributed by atoms with E-state index < -0.39 is 11.7 Å². The molecular weight excluding hydrogens is 230 g/mol. The first-order valence-electron chi connectivity index (χ1n) is 7.28. The van der Waals surface area contributed by atoms with Crippen LogP contribution < -0.4 is 5.32 Å². The molecule has 1 saturated carbocycles. The SMILES string of the molecule is CCOCC(O)CNCC1(O)CCC(CC)CC1. The van der Waals surface area contributed by atoms with Crippen LogP contribution in [0.15, 0.2) is 0 Å². The van der Waals surface area contributed by atoms with Crippen molar-refractivity contribution in [1.29, 1.82) is 0 Å². The molecule has 0 amide bonds. The van der Waals surface area contributed by atoms with E-state index in [2.05, 4.69) is 12.2 Å². The fraction of sp³-hybridized carbons (Fsp3) is 1.00. The normalized spacial score (nSPS) is 30.3. The Labute approximate surface area is 111 Å². The molecule has 108 valence electrons. The lowest BCUT2D eigenvalue weighted by molar-refractivity contribution is -0.0135. The van der Waals surface area contributed by atoms with E-state index in [-0.39, 0.29) is 0 Å². The Morgan fingerprint density at radius 2 is 2.00 bits per heavy atom. The van der Waals surface area contributed by atoms with E-state index in [0.29, 0.717) is 26.3 Å². The Morgan fingerprint density at radius 3 is 2.56 bits per heavy atom. The summed E-state index contributed by atoms with van der Waals surface area (Å²) in [4.78, 5) is 0. The standard InChI is InChI=1S/C14H29NO3/c1-3-12-5-7-14(17,8-6-12)11-15-9-13(16)10-18-4-2/h12-13,15-17H,3-11H2,1-2H3. The van der Waals surface area contributed by atoms with Crippen LogP contribution in [-0.4, -0.2) is 48.2 Å². The molecule has 0 aromatic carbocycles. The zero-order chi connectivity index (χ0) is 13.4. The summed E-state index contributed by atoms with van der Waals surface area (Å²) in [6.45, 7) is 6.18. The summed E-state index contributed by atoms with van der Waals surface area (Å²) in [5, 5.41) is 23.2. The number of rotatable bonds is 8. The highest BCUT2D eigenvalue weighted by Gasteiger charge is 2.32. The Balaban J connectivity index is 2.14. The second-order valence-electron chi connectivity index (χ2n) is 5.52. The van der Waals surface area contributed by atoms with Gasteiger partial charge in [0.05, 0.1) is 18.3 Å². The van der Waals surface area contributed by atoms with Crippen molar-refractivity contribution >= 4 is 0 Å². The van der Waals surface area contributed by atoms with Crippen molar-refractivity contribution in [2.45, 2.75) is 57.7 Å². The zero-order valence-electron chi connectivity index (χ0n) is 11.8. The van der Waals surface area contributed by atoms with E-state index in [0.717, 1.165) is 31.6 Å². The lowest BCUT2D eigenvalue weighted by Gasteiger charge is -2.36. The summed E-state index contributed by atoms with van der Waals surface area (Å²) in [5.74, 6) is 0.786. The summed E-state index contributed by atoms with van der Waals surface area (Å²) in [7, 11) is 0. The lowest BCUT2D eigenvalue weighted by atomic mass is 9.78. The topological polar surface area (TPSA) is 61.7 Å². The summed E-state index contributed by atoms with van der Waals surface area (Å²) in [5.41, 5.74) is -0.572. The highest BCUT2D eigenvalue weighted by atomic mass is 16.5. The van der Waals surface area contributed by atoms with Crippen molar-refractivity contribution in [3.63, 3.8) is 0 Å². The monoisotopic (exact) mass is 259 g/mol. The van der Waals surface area contributed by atoms with Gasteiger partial charge in [-0.2, -0.15) is 0 Å². The van der Waals surface area contributed by atoms with Crippen LogP contribution in [0.5, 0.6) is 0 Å². The average molecular weight is 259 g/mol. The molecule has 4 heteroatoms. The smallest absolute Gasteiger partial charge is 0.0897 e. The third-order valence-corrected chi connectivity index (χ3v) is 3.96. The molecule has 0 spiro atoms. The lowest BCUT2D eigenvalue weighted by Crippen LogP contribution is -2.45. The summed E-state index contributed by atoms with van der Waals surface area (Å²) in [6.07, 6.45) is 4.73. The van der Waals surface area contributed by atoms with Crippen molar-refractivity contribution in [3.05, 3.63) is 0 Å². The fourth-order valence-corrected chi connectivity index (χ4v) is 2.58. The van der Waals surface area contributed by atoms with Gasteiger partial charge in [0.25, 0.3) is 0 Å². The predicted octanol–water partition coefficient (Wildman–Crippen LogP) is 1.30. The molecule has 1 aliphatic rings. The zero-order valence-corrected chi connectivity index (χ0v) is 11.8. The Morgan fingerprint density at radius 1 is 1.33 bits per heavy atom. The van der Waals surface area contributed by atoms with E-state index in [9.17, 15) is 10.2 Å². The molecule has 0 heterocycles. The molecule has 1 rings (SSSR count). The van der Waals surface area contributed by atoms with Gasteiger partial charge in [0.1, 0.15) is 0 Å². The molecule has 0 aromatic rings. The number of hydrogen-bond acceptors (Lipinski definition) is 4. The molecule has 1 aliphatic carbocycles. The van der Waals surface area contributed by atoms with Crippen LogP contribution in [0, 0.1) is 5.92 Å². The summed E-state index contributed by atoms with van der Waals surface area (Å²) < 4.78 is 5.14. The second-order valence-corrected chi connectivity index (χ2v) is 5.52. The summed E-state index contributed by atoms with van der Waals surface area (Å²) >= 11 is 0. The molecule has 1 fully saturated rings. The Bertz CT molecular complexity index is 215. The number of ether oxygens (including phenoxy) is 1. The van der Waals surface area contributed by atoms with Gasteiger partial charge < -0.3 is 20.3 Å². The van der Waals surface area contributed by atoms with Gasteiger partial charge in [0.2, 0.25) is 0 Å². The first-order chi connectivity index (χ1) is 8.59. The van der Waals surface area contributed by atoms with Crippen LogP contribution in [0.1, 0.15) is 46.0 Å². The quantitative estimate of drug-likeness (QED) is 0.615. The van der Waals surface area contributed by atoms with E-state index >= 15 is 0 Å². The minimum atomic E-state index is -0.572. The Kier molecular flexibility index (Phi) is 7.15. The molecule has 1 atom stereocenters. The third-order valence-electron chi connectivity index (χ3n) is 3.96. The van der Waals surface area contributed by atoms with Gasteiger partial charge in [-0.25, -0.2) is 0 Å². The van der Waals surface area contributed by atoms with Crippen LogP contribution in [-0.2, 0) is 4.74 Å². The highest BCUT2D eigenvalue weighted by molar-refractivity contribution is 4.87. The van der Waals surface area contributed by atoms with Gasteiger partial charge in [-0.3, -0.25) is 0 Å². The van der Waals surface area contributed by atoms with E-state index in [4.69, 9.17) is 4.74 Å². The third kappa shape index (κ3) is 5.65. The predicted molar refractivity (Wildman–Crippen MR) is 72.6 cm³/mol. The summed E-state index contributed by atoms with van der Waals surface area (Å²) in [6, 6.07) is 0. The van der Waals surface area contributed by atoms with Crippen LogP contribution in [0.3, 0.4) is 0 Å². The van der Waals surface area contributed by atoms with Gasteiger partial charge >= 0.3 is 0 Å². The van der Waals surface area contributed by atoms with Crippen LogP contribution >= 0.6 is 0 Å². The molecule has 0 radical (unpaired) electrons. The molecule has 0 aliphatic heterocycles. The Hall–Kier alpha value is -0.160. The number of hydrogen-bond donors (Lipinski definition) is 3. The minimum absolute atomic E-state index is 0.361. The molecule has 18 heavy (non-hydrogen) atoms. The van der Waals surface area contributed by atoms with E-state index in [1.165, 1.54) is 6.42 Å². The molecule has 0 aromatic heterocycles. The van der Waals surface area contributed by atoms with Gasteiger partial charge in [0.15, 0.2) is 0 Å². The van der Waals surface area contributed by atoms with Crippen molar-refractivity contribution in [1.82, 2.24) is 5.32 Å². The van der Waals surface area contributed by atoms with Crippen LogP contribution in [0.25, 0.3) is 0 Å². The van der Waals surface area contributed by atoms with Gasteiger partial charge in [-0.1, -0.05) is 13.3 Å². The maximum atomic E-state index is 10.4. The van der Waals surface area contributed by atoms with Crippen molar-refractivity contribution in [3.8, 4) is 0 Å². The van der Waals surface area contributed by atoms with E-state index in [1.807, 2.05) is 6.92 Å². The minimum Gasteiger partial charge on any atom is -0.389 e. The molecule has 3 N–H and O–H groups in total. The maximum Gasteiger partial charge on any atom is 0.0897 e. The largest absolute Gasteiger partial charge is 0.389 e. The molecule has 0 saturated heterocycles. The average Bonchev–Trinajstić information content (AvgIpc) is 2.37. The fourth-order valence-electron chi connectivity index (χ4n) is 2.58. The van der Waals surface area contributed by atoms with E-state index in [1.54, 1.807) is 0 Å². The first kappa shape index (κ1) is 15.9. The van der Waals surface area contributed by atoms with Crippen LogP contribution in [0.2, 0.25) is 0 Å².